The lowest BCUT2D eigenvalue weighted by molar-refractivity contribution is 0.461. The highest BCUT2D eigenvalue weighted by Gasteiger charge is 2.02. The van der Waals surface area contributed by atoms with E-state index in [0.717, 1.165) is 0 Å². The van der Waals surface area contributed by atoms with E-state index >= 15 is 0 Å². The first-order valence-electron chi connectivity index (χ1n) is 5.89. The van der Waals surface area contributed by atoms with Crippen molar-refractivity contribution < 1.29 is 9.50 Å². The number of phenolic OH excluding ortho intramolecular Hbond substituents is 1. The van der Waals surface area contributed by atoms with Crippen LogP contribution in [0.4, 0.5) is 4.39 Å². The summed E-state index contributed by atoms with van der Waals surface area (Å²) < 4.78 is 13.0. The summed E-state index contributed by atoms with van der Waals surface area (Å²) in [5, 5.41) is 12.8. The number of halogens is 1. The van der Waals surface area contributed by atoms with Crippen LogP contribution in [0.25, 0.3) is 0 Å². The Balaban J connectivity index is 1.94. The molecule has 0 aliphatic heterocycles. The topological polar surface area (TPSA) is 32.3 Å². The molecule has 0 atom stereocenters. The minimum atomic E-state index is -0.333. The number of rotatable bonds is 4. The van der Waals surface area contributed by atoms with Crippen molar-refractivity contribution in [3.8, 4) is 5.75 Å². The second-order valence-electron chi connectivity index (χ2n) is 4.37. The van der Waals surface area contributed by atoms with Crippen LogP contribution < -0.4 is 5.32 Å². The standard InChI is InChI=1S/C15H16FNO/c1-11-3-2-4-12(7-11)9-17-10-13-8-14(16)5-6-15(13)18/h2-8,17-18H,9-10H2,1H3. The predicted molar refractivity (Wildman–Crippen MR) is 69.8 cm³/mol. The van der Waals surface area contributed by atoms with Gasteiger partial charge in [0.05, 0.1) is 0 Å². The molecule has 2 rings (SSSR count). The lowest BCUT2D eigenvalue weighted by Gasteiger charge is -2.07. The van der Waals surface area contributed by atoms with Gasteiger partial charge in [0, 0.05) is 18.7 Å². The molecule has 18 heavy (non-hydrogen) atoms. The Morgan fingerprint density at radius 2 is 1.94 bits per heavy atom. The SMILES string of the molecule is Cc1cccc(CNCc2cc(F)ccc2O)c1. The maximum atomic E-state index is 13.0. The summed E-state index contributed by atoms with van der Waals surface area (Å²) in [6.07, 6.45) is 0. The van der Waals surface area contributed by atoms with Crippen molar-refractivity contribution in [2.24, 2.45) is 0 Å². The van der Waals surface area contributed by atoms with Crippen LogP contribution in [-0.4, -0.2) is 5.11 Å². The summed E-state index contributed by atoms with van der Waals surface area (Å²) >= 11 is 0. The van der Waals surface area contributed by atoms with E-state index in [0.29, 0.717) is 18.7 Å². The summed E-state index contributed by atoms with van der Waals surface area (Å²) in [4.78, 5) is 0. The van der Waals surface area contributed by atoms with Gasteiger partial charge in [-0.2, -0.15) is 0 Å². The van der Waals surface area contributed by atoms with Gasteiger partial charge in [-0.1, -0.05) is 29.8 Å². The van der Waals surface area contributed by atoms with Gasteiger partial charge < -0.3 is 10.4 Å². The van der Waals surface area contributed by atoms with Gasteiger partial charge in [-0.05, 0) is 30.7 Å². The van der Waals surface area contributed by atoms with Crippen molar-refractivity contribution in [1.29, 1.82) is 0 Å². The highest BCUT2D eigenvalue weighted by Crippen LogP contribution is 2.17. The zero-order chi connectivity index (χ0) is 13.0. The maximum Gasteiger partial charge on any atom is 0.123 e. The summed E-state index contributed by atoms with van der Waals surface area (Å²) in [6.45, 7) is 3.18. The number of phenols is 1. The number of nitrogens with one attached hydrogen (secondary N) is 1. The first kappa shape index (κ1) is 12.6. The van der Waals surface area contributed by atoms with E-state index < -0.39 is 0 Å². The lowest BCUT2D eigenvalue weighted by atomic mass is 10.1. The van der Waals surface area contributed by atoms with Crippen molar-refractivity contribution in [2.45, 2.75) is 20.0 Å². The minimum absolute atomic E-state index is 0.119. The second kappa shape index (κ2) is 5.65. The van der Waals surface area contributed by atoms with Crippen LogP contribution in [-0.2, 0) is 13.1 Å². The van der Waals surface area contributed by atoms with Crippen LogP contribution in [0.1, 0.15) is 16.7 Å². The smallest absolute Gasteiger partial charge is 0.123 e. The molecule has 0 radical (unpaired) electrons. The molecule has 0 saturated carbocycles. The van der Waals surface area contributed by atoms with Gasteiger partial charge in [-0.25, -0.2) is 4.39 Å². The fourth-order valence-electron chi connectivity index (χ4n) is 1.86. The molecule has 94 valence electrons. The van der Waals surface area contributed by atoms with Crippen LogP contribution in [0.3, 0.4) is 0 Å². The Morgan fingerprint density at radius 3 is 2.72 bits per heavy atom. The zero-order valence-electron chi connectivity index (χ0n) is 10.3. The van der Waals surface area contributed by atoms with Crippen LogP contribution >= 0.6 is 0 Å². The number of benzene rings is 2. The van der Waals surface area contributed by atoms with Crippen LogP contribution in [0.2, 0.25) is 0 Å². The van der Waals surface area contributed by atoms with E-state index in [1.54, 1.807) is 0 Å². The molecule has 0 aromatic heterocycles. The second-order valence-corrected chi connectivity index (χ2v) is 4.37. The van der Waals surface area contributed by atoms with Crippen LogP contribution in [0.15, 0.2) is 42.5 Å². The molecule has 2 aromatic carbocycles. The molecule has 2 N–H and O–H groups in total. The number of aryl methyl sites for hydroxylation is 1. The van der Waals surface area contributed by atoms with E-state index in [1.165, 1.54) is 29.3 Å². The van der Waals surface area contributed by atoms with Gasteiger partial charge >= 0.3 is 0 Å². The molecule has 0 heterocycles. The van der Waals surface area contributed by atoms with E-state index in [4.69, 9.17) is 0 Å². The number of hydrogen-bond donors (Lipinski definition) is 2. The van der Waals surface area contributed by atoms with E-state index in [2.05, 4.69) is 11.4 Å². The largest absolute Gasteiger partial charge is 0.508 e. The van der Waals surface area contributed by atoms with Gasteiger partial charge in [0.15, 0.2) is 0 Å². The summed E-state index contributed by atoms with van der Waals surface area (Å²) in [5.74, 6) is -0.215. The molecular weight excluding hydrogens is 229 g/mol. The molecule has 3 heteroatoms. The Bertz CT molecular complexity index is 540. The van der Waals surface area contributed by atoms with E-state index in [9.17, 15) is 9.50 Å². The zero-order valence-corrected chi connectivity index (χ0v) is 10.3. The highest BCUT2D eigenvalue weighted by molar-refractivity contribution is 5.32. The maximum absolute atomic E-state index is 13.0. The average Bonchev–Trinajstić information content (AvgIpc) is 2.34. The molecule has 2 nitrogen and oxygen atoms in total. The average molecular weight is 245 g/mol. The Labute approximate surface area is 106 Å². The third kappa shape index (κ3) is 3.31. The fourth-order valence-corrected chi connectivity index (χ4v) is 1.86. The number of hydrogen-bond acceptors (Lipinski definition) is 2. The predicted octanol–water partition coefficient (Wildman–Crippen LogP) is 3.13. The third-order valence-corrected chi connectivity index (χ3v) is 2.77. The van der Waals surface area contributed by atoms with E-state index in [1.807, 2.05) is 25.1 Å². The molecule has 0 unspecified atom stereocenters. The van der Waals surface area contributed by atoms with Crippen molar-refractivity contribution in [2.75, 3.05) is 0 Å². The normalized spacial score (nSPS) is 10.6. The molecular formula is C15H16FNO. The molecule has 0 bridgehead atoms. The Hall–Kier alpha value is -1.87. The quantitative estimate of drug-likeness (QED) is 0.867. The monoisotopic (exact) mass is 245 g/mol. The molecule has 0 amide bonds. The number of aromatic hydroxyl groups is 1. The molecule has 2 aromatic rings. The van der Waals surface area contributed by atoms with Gasteiger partial charge in [0.1, 0.15) is 11.6 Å². The van der Waals surface area contributed by atoms with Gasteiger partial charge in [0.25, 0.3) is 0 Å². The third-order valence-electron chi connectivity index (χ3n) is 2.77. The summed E-state index contributed by atoms with van der Waals surface area (Å²) in [7, 11) is 0. The van der Waals surface area contributed by atoms with Gasteiger partial charge in [0.2, 0.25) is 0 Å². The molecule has 0 aliphatic carbocycles. The lowest BCUT2D eigenvalue weighted by Crippen LogP contribution is -2.13. The Morgan fingerprint density at radius 1 is 1.11 bits per heavy atom. The van der Waals surface area contributed by atoms with Gasteiger partial charge in [-0.15, -0.1) is 0 Å². The van der Waals surface area contributed by atoms with Crippen LogP contribution in [0, 0.1) is 12.7 Å². The molecule has 0 fully saturated rings. The van der Waals surface area contributed by atoms with Crippen molar-refractivity contribution in [1.82, 2.24) is 5.32 Å². The molecule has 0 aliphatic rings. The van der Waals surface area contributed by atoms with Crippen molar-refractivity contribution >= 4 is 0 Å². The summed E-state index contributed by atoms with van der Waals surface area (Å²) in [6, 6.07) is 12.1. The molecule has 0 spiro atoms. The summed E-state index contributed by atoms with van der Waals surface area (Å²) in [5.41, 5.74) is 2.96. The Kier molecular flexibility index (Phi) is 3.95. The van der Waals surface area contributed by atoms with Crippen LogP contribution in [0.5, 0.6) is 5.75 Å². The van der Waals surface area contributed by atoms with Crippen molar-refractivity contribution in [3.05, 3.63) is 65.0 Å². The van der Waals surface area contributed by atoms with Crippen molar-refractivity contribution in [3.63, 3.8) is 0 Å². The first-order chi connectivity index (χ1) is 8.65. The molecule has 0 saturated heterocycles. The fraction of sp³-hybridized carbons (Fsp3) is 0.200. The highest BCUT2D eigenvalue weighted by atomic mass is 19.1. The van der Waals surface area contributed by atoms with Gasteiger partial charge in [-0.3, -0.25) is 0 Å². The first-order valence-corrected chi connectivity index (χ1v) is 5.89. The minimum Gasteiger partial charge on any atom is -0.508 e. The van der Waals surface area contributed by atoms with E-state index in [-0.39, 0.29) is 11.6 Å².